The quantitative estimate of drug-likeness (QED) is 0.348. The first-order chi connectivity index (χ1) is 18.6. The van der Waals surface area contributed by atoms with Crippen LogP contribution in [0.2, 0.25) is 5.02 Å². The number of aromatic nitrogens is 8. The Morgan fingerprint density at radius 1 is 1.08 bits per heavy atom. The van der Waals surface area contributed by atoms with Crippen molar-refractivity contribution in [3.63, 3.8) is 0 Å². The van der Waals surface area contributed by atoms with Gasteiger partial charge in [-0.2, -0.15) is 23.9 Å². The molecule has 0 amide bonds. The van der Waals surface area contributed by atoms with Crippen molar-refractivity contribution in [1.82, 2.24) is 39.1 Å². The lowest BCUT2D eigenvalue weighted by Crippen LogP contribution is -2.45. The summed E-state index contributed by atoms with van der Waals surface area (Å²) < 4.78 is 3.17. The van der Waals surface area contributed by atoms with Crippen LogP contribution in [0.5, 0.6) is 0 Å². The van der Waals surface area contributed by atoms with Crippen molar-refractivity contribution in [2.24, 2.45) is 0 Å². The average Bonchev–Trinajstić information content (AvgIpc) is 3.53. The van der Waals surface area contributed by atoms with E-state index in [2.05, 4.69) is 29.8 Å². The highest BCUT2D eigenvalue weighted by Gasteiger charge is 2.37. The second-order valence-corrected chi connectivity index (χ2v) is 9.23. The van der Waals surface area contributed by atoms with Crippen LogP contribution in [0.3, 0.4) is 0 Å². The number of fused-ring (bicyclic) bond motifs is 2. The normalized spacial score (nSPS) is 14.7. The van der Waals surface area contributed by atoms with Gasteiger partial charge in [0.1, 0.15) is 29.4 Å². The van der Waals surface area contributed by atoms with E-state index in [9.17, 15) is 4.79 Å². The highest BCUT2D eigenvalue weighted by Crippen LogP contribution is 2.41. The van der Waals surface area contributed by atoms with E-state index in [-0.39, 0.29) is 30.9 Å². The highest BCUT2D eigenvalue weighted by atomic mass is 35.5. The van der Waals surface area contributed by atoms with Gasteiger partial charge in [0.25, 0.3) is 5.56 Å². The largest absolute Gasteiger partial charge is 0.345 e. The van der Waals surface area contributed by atoms with Gasteiger partial charge in [0, 0.05) is 42.5 Å². The molecule has 39 heavy (non-hydrogen) atoms. The Balaban J connectivity index is 0.00000277. The molecule has 1 aliphatic rings. The number of nitrogens with one attached hydrogen (secondary N) is 1. The summed E-state index contributed by atoms with van der Waals surface area (Å²) in [7, 11) is 0. The summed E-state index contributed by atoms with van der Waals surface area (Å²) in [6.45, 7) is 0.709. The summed E-state index contributed by atoms with van der Waals surface area (Å²) in [5.41, 5.74) is 2.98. The molecule has 0 unspecified atom stereocenters. The van der Waals surface area contributed by atoms with Gasteiger partial charge in [-0.1, -0.05) is 29.8 Å². The van der Waals surface area contributed by atoms with Crippen LogP contribution in [0.25, 0.3) is 33.4 Å². The molecule has 6 heterocycles. The standard InChI is InChI=1S/C26H17ClN10O.H2S/c27-18-6-9-36-22(18)26(38)37(16-4-2-1-3-5-16)24(34-36)19-7-8-35(19)25-21-17(13-31-23(21)32-14-33-25)15-11-29-20(10-28)30-12-15;/h1-6,9,11-14,19H,7-8H2,(H,31,32,33);1H2/t19-;/m0./s1. The lowest BCUT2D eigenvalue weighted by molar-refractivity contribution is 0.424. The molecule has 0 saturated carbocycles. The van der Waals surface area contributed by atoms with E-state index < -0.39 is 0 Å². The zero-order valence-electron chi connectivity index (χ0n) is 20.2. The van der Waals surface area contributed by atoms with Crippen LogP contribution in [0, 0.1) is 11.3 Å². The molecule has 0 spiro atoms. The molecule has 11 nitrogen and oxygen atoms in total. The molecule has 1 fully saturated rings. The van der Waals surface area contributed by atoms with Crippen molar-refractivity contribution in [2.75, 3.05) is 11.4 Å². The minimum absolute atomic E-state index is 0. The van der Waals surface area contributed by atoms with Gasteiger partial charge in [0.2, 0.25) is 5.82 Å². The van der Waals surface area contributed by atoms with Crippen molar-refractivity contribution in [2.45, 2.75) is 12.5 Å². The van der Waals surface area contributed by atoms with E-state index in [4.69, 9.17) is 22.0 Å². The Morgan fingerprint density at radius 2 is 1.87 bits per heavy atom. The number of para-hydroxylation sites is 1. The summed E-state index contributed by atoms with van der Waals surface area (Å²) in [4.78, 5) is 36.3. The molecular weight excluding hydrogens is 536 g/mol. The third-order valence-electron chi connectivity index (χ3n) is 6.78. The number of benzene rings is 1. The molecule has 5 aromatic heterocycles. The maximum Gasteiger partial charge on any atom is 0.284 e. The van der Waals surface area contributed by atoms with Gasteiger partial charge in [-0.05, 0) is 24.6 Å². The van der Waals surface area contributed by atoms with Crippen molar-refractivity contribution < 1.29 is 0 Å². The first kappa shape index (κ1) is 24.6. The molecule has 1 atom stereocenters. The predicted molar refractivity (Wildman–Crippen MR) is 151 cm³/mol. The van der Waals surface area contributed by atoms with Gasteiger partial charge >= 0.3 is 0 Å². The maximum absolute atomic E-state index is 13.7. The van der Waals surface area contributed by atoms with Crippen molar-refractivity contribution in [3.8, 4) is 22.9 Å². The van der Waals surface area contributed by atoms with E-state index in [1.54, 1.807) is 33.7 Å². The molecule has 0 bridgehead atoms. The molecule has 13 heteroatoms. The number of H-pyrrole nitrogens is 1. The number of anilines is 1. The fraction of sp³-hybridized carbons (Fsp3) is 0.115. The van der Waals surface area contributed by atoms with E-state index in [0.29, 0.717) is 40.1 Å². The molecule has 1 N–H and O–H groups in total. The molecule has 1 aliphatic heterocycles. The monoisotopic (exact) mass is 554 g/mol. The Labute approximate surface area is 232 Å². The molecular formula is C26H19ClN10OS. The molecule has 7 rings (SSSR count). The SMILES string of the molecule is N#Cc1ncc(-c2c[nH]c3ncnc(N4CC[C@H]4c4nn5ccc(Cl)c5c(=O)n4-c4ccccc4)c23)cn1.S. The van der Waals surface area contributed by atoms with Gasteiger partial charge in [-0.15, -0.1) is 0 Å². The van der Waals surface area contributed by atoms with Crippen molar-refractivity contribution >= 4 is 47.5 Å². The van der Waals surface area contributed by atoms with Gasteiger partial charge < -0.3 is 9.88 Å². The average molecular weight is 555 g/mol. The predicted octanol–water partition coefficient (Wildman–Crippen LogP) is 3.80. The number of hydrogen-bond acceptors (Lipinski definition) is 8. The summed E-state index contributed by atoms with van der Waals surface area (Å²) in [5.74, 6) is 1.38. The third kappa shape index (κ3) is 3.82. The Kier molecular flexibility index (Phi) is 6.02. The Hall–Kier alpha value is -4.73. The fourth-order valence-electron chi connectivity index (χ4n) is 4.92. The number of rotatable bonds is 4. The number of halogens is 1. The molecule has 1 saturated heterocycles. The van der Waals surface area contributed by atoms with Crippen LogP contribution in [0.15, 0.2) is 72.3 Å². The molecule has 0 radical (unpaired) electrons. The lowest BCUT2D eigenvalue weighted by atomic mass is 10.00. The van der Waals surface area contributed by atoms with Gasteiger partial charge in [-0.25, -0.2) is 24.5 Å². The second-order valence-electron chi connectivity index (χ2n) is 8.82. The van der Waals surface area contributed by atoms with E-state index in [1.165, 1.54) is 6.33 Å². The van der Waals surface area contributed by atoms with Crippen molar-refractivity contribution in [3.05, 3.63) is 94.5 Å². The zero-order chi connectivity index (χ0) is 25.8. The third-order valence-corrected chi connectivity index (χ3v) is 7.08. The summed E-state index contributed by atoms with van der Waals surface area (Å²) in [6.07, 6.45) is 9.02. The van der Waals surface area contributed by atoms with Gasteiger partial charge in [0.15, 0.2) is 5.82 Å². The van der Waals surface area contributed by atoms with Crippen LogP contribution >= 0.6 is 25.1 Å². The minimum Gasteiger partial charge on any atom is -0.345 e. The topological polar surface area (TPSA) is 134 Å². The van der Waals surface area contributed by atoms with Crippen LogP contribution in [0.4, 0.5) is 5.82 Å². The fourth-order valence-corrected chi connectivity index (χ4v) is 5.14. The summed E-state index contributed by atoms with van der Waals surface area (Å²) in [6, 6.07) is 12.8. The Morgan fingerprint density at radius 3 is 2.59 bits per heavy atom. The first-order valence-corrected chi connectivity index (χ1v) is 12.2. The molecule has 0 aliphatic carbocycles. The number of hydrogen-bond donors (Lipinski definition) is 1. The van der Waals surface area contributed by atoms with Gasteiger partial charge in [0.05, 0.1) is 22.1 Å². The zero-order valence-corrected chi connectivity index (χ0v) is 21.9. The second kappa shape index (κ2) is 9.54. The molecule has 6 aromatic rings. The molecule has 1 aromatic carbocycles. The van der Waals surface area contributed by atoms with Crippen LogP contribution < -0.4 is 10.5 Å². The van der Waals surface area contributed by atoms with Crippen molar-refractivity contribution in [1.29, 1.82) is 5.26 Å². The smallest absolute Gasteiger partial charge is 0.284 e. The lowest BCUT2D eigenvalue weighted by Gasteiger charge is -2.42. The Bertz CT molecular complexity index is 1940. The van der Waals surface area contributed by atoms with E-state index in [0.717, 1.165) is 22.9 Å². The van der Waals surface area contributed by atoms with Crippen LogP contribution in [-0.2, 0) is 0 Å². The number of nitriles is 1. The van der Waals surface area contributed by atoms with Gasteiger partial charge in [-0.3, -0.25) is 9.36 Å². The van der Waals surface area contributed by atoms with Crippen LogP contribution in [-0.4, -0.2) is 45.6 Å². The summed E-state index contributed by atoms with van der Waals surface area (Å²) in [5, 5.41) is 15.1. The first-order valence-electron chi connectivity index (χ1n) is 11.8. The summed E-state index contributed by atoms with van der Waals surface area (Å²) >= 11 is 6.36. The highest BCUT2D eigenvalue weighted by molar-refractivity contribution is 7.59. The maximum atomic E-state index is 13.7. The van der Waals surface area contributed by atoms with E-state index >= 15 is 0 Å². The number of aromatic amines is 1. The minimum atomic E-state index is -0.243. The van der Waals surface area contributed by atoms with E-state index in [1.807, 2.05) is 42.6 Å². The molecule has 192 valence electrons. The van der Waals surface area contributed by atoms with Crippen LogP contribution in [0.1, 0.15) is 24.1 Å². The number of nitrogens with zero attached hydrogens (tertiary/aromatic N) is 9.